The first kappa shape index (κ1) is 20.0. The molecule has 0 N–H and O–H groups in total. The molecule has 4 nitrogen and oxygen atoms in total. The number of rotatable bonds is 3. The molecular weight excluding hydrogens is 362 g/mol. The highest BCUT2D eigenvalue weighted by Gasteiger charge is 2.37. The van der Waals surface area contributed by atoms with E-state index in [-0.39, 0.29) is 22.9 Å². The van der Waals surface area contributed by atoms with E-state index in [4.69, 9.17) is 9.47 Å². The summed E-state index contributed by atoms with van der Waals surface area (Å²) in [5.41, 5.74) is 6.24. The van der Waals surface area contributed by atoms with E-state index in [1.165, 1.54) is 36.6 Å². The fourth-order valence-electron chi connectivity index (χ4n) is 4.60. The lowest BCUT2D eigenvalue weighted by molar-refractivity contribution is 0.0600. The van der Waals surface area contributed by atoms with Crippen molar-refractivity contribution in [2.75, 3.05) is 25.3 Å². The minimum atomic E-state index is -0.313. The smallest absolute Gasteiger partial charge is 0.337 e. The molecular formula is C25H31NO3. The van der Waals surface area contributed by atoms with Crippen molar-refractivity contribution in [1.29, 1.82) is 0 Å². The number of anilines is 1. The fraction of sp³-hybridized carbons (Fsp3) is 0.480. The molecule has 2 aromatic carbocycles. The van der Waals surface area contributed by atoms with Gasteiger partial charge in [-0.2, -0.15) is 0 Å². The second kappa shape index (κ2) is 7.17. The molecule has 0 aromatic heterocycles. The summed E-state index contributed by atoms with van der Waals surface area (Å²) in [6.45, 7) is 10.8. The topological polar surface area (TPSA) is 38.8 Å². The van der Waals surface area contributed by atoms with Crippen LogP contribution < -0.4 is 4.90 Å². The molecule has 1 aliphatic heterocycles. The maximum Gasteiger partial charge on any atom is 0.337 e. The highest BCUT2D eigenvalue weighted by molar-refractivity contribution is 5.89. The Balaban J connectivity index is 1.55. The molecule has 2 aliphatic rings. The summed E-state index contributed by atoms with van der Waals surface area (Å²) in [5.74, 6) is -0.313. The van der Waals surface area contributed by atoms with Crippen LogP contribution in [0.2, 0.25) is 0 Å². The number of methoxy groups -OCH3 is 1. The molecule has 1 atom stereocenters. The second-order valence-electron chi connectivity index (χ2n) is 9.62. The summed E-state index contributed by atoms with van der Waals surface area (Å²) in [7, 11) is 1.40. The van der Waals surface area contributed by atoms with E-state index >= 15 is 0 Å². The third-order valence-electron chi connectivity index (χ3n) is 6.72. The van der Waals surface area contributed by atoms with Gasteiger partial charge < -0.3 is 14.4 Å². The van der Waals surface area contributed by atoms with Crippen molar-refractivity contribution < 1.29 is 14.3 Å². The van der Waals surface area contributed by atoms with Crippen molar-refractivity contribution >= 4 is 11.7 Å². The van der Waals surface area contributed by atoms with Crippen LogP contribution in [-0.4, -0.2) is 26.4 Å². The number of benzene rings is 2. The van der Waals surface area contributed by atoms with Crippen molar-refractivity contribution in [1.82, 2.24) is 0 Å². The highest BCUT2D eigenvalue weighted by Crippen LogP contribution is 2.46. The summed E-state index contributed by atoms with van der Waals surface area (Å²) in [5, 5.41) is 0. The molecule has 0 spiro atoms. The molecule has 4 rings (SSSR count). The number of ether oxygens (including phenoxy) is 2. The van der Waals surface area contributed by atoms with Crippen molar-refractivity contribution in [3.05, 3.63) is 64.7 Å². The number of nitrogens with zero attached hydrogens (tertiary/aromatic N) is 1. The third-order valence-corrected chi connectivity index (χ3v) is 6.72. The molecule has 2 aromatic rings. The zero-order valence-corrected chi connectivity index (χ0v) is 18.1. The molecule has 0 saturated carbocycles. The maximum absolute atomic E-state index is 11.6. The lowest BCUT2D eigenvalue weighted by atomic mass is 9.63. The van der Waals surface area contributed by atoms with Gasteiger partial charge in [-0.25, -0.2) is 4.79 Å². The standard InChI is InChI=1S/C25H31NO3/c1-24(2)12-13-25(3,4)21-14-18(8-11-20(21)24)22-15-26(16-29-22)19-9-6-17(7-10-19)23(27)28-5/h6-11,14,22H,12-13,15-16H2,1-5H3. The number of hydrogen-bond acceptors (Lipinski definition) is 4. The molecule has 1 aliphatic carbocycles. The average Bonchev–Trinajstić information content (AvgIpc) is 3.21. The van der Waals surface area contributed by atoms with Gasteiger partial charge in [0.25, 0.3) is 0 Å². The minimum absolute atomic E-state index is 0.0569. The first-order valence-electron chi connectivity index (χ1n) is 10.4. The first-order chi connectivity index (χ1) is 13.7. The van der Waals surface area contributed by atoms with Gasteiger partial charge in [-0.1, -0.05) is 45.9 Å². The fourth-order valence-corrected chi connectivity index (χ4v) is 4.60. The Morgan fingerprint density at radius 3 is 2.31 bits per heavy atom. The van der Waals surface area contributed by atoms with Crippen LogP contribution in [0.3, 0.4) is 0 Å². The SMILES string of the molecule is COC(=O)c1ccc(N2COC(c3ccc4c(c3)C(C)(C)CCC4(C)C)C2)cc1. The Hall–Kier alpha value is -2.33. The summed E-state index contributed by atoms with van der Waals surface area (Å²) in [6.07, 6.45) is 2.49. The van der Waals surface area contributed by atoms with E-state index < -0.39 is 0 Å². The van der Waals surface area contributed by atoms with Gasteiger partial charge in [0.15, 0.2) is 0 Å². The molecule has 154 valence electrons. The van der Waals surface area contributed by atoms with Gasteiger partial charge in [0.1, 0.15) is 12.8 Å². The number of hydrogen-bond donors (Lipinski definition) is 0. The Morgan fingerprint density at radius 1 is 1.00 bits per heavy atom. The van der Waals surface area contributed by atoms with E-state index in [2.05, 4.69) is 50.8 Å². The van der Waals surface area contributed by atoms with E-state index in [9.17, 15) is 4.79 Å². The molecule has 1 heterocycles. The van der Waals surface area contributed by atoms with Gasteiger partial charge in [-0.15, -0.1) is 0 Å². The van der Waals surface area contributed by atoms with Crippen molar-refractivity contribution in [2.45, 2.75) is 57.5 Å². The molecule has 4 heteroatoms. The molecule has 1 fully saturated rings. The zero-order valence-electron chi connectivity index (χ0n) is 18.1. The monoisotopic (exact) mass is 393 g/mol. The first-order valence-corrected chi connectivity index (χ1v) is 10.4. The van der Waals surface area contributed by atoms with Crippen LogP contribution >= 0.6 is 0 Å². The average molecular weight is 394 g/mol. The zero-order chi connectivity index (χ0) is 20.8. The Kier molecular flexibility index (Phi) is 4.94. The number of carbonyl (C=O) groups excluding carboxylic acids is 1. The van der Waals surface area contributed by atoms with E-state index in [1.807, 2.05) is 12.1 Å². The molecule has 1 saturated heterocycles. The predicted octanol–water partition coefficient (Wildman–Crippen LogP) is 5.36. The van der Waals surface area contributed by atoms with Crippen LogP contribution in [0.1, 0.15) is 73.7 Å². The molecule has 0 bridgehead atoms. The third kappa shape index (κ3) is 3.66. The Labute approximate surface area is 173 Å². The van der Waals surface area contributed by atoms with Crippen LogP contribution in [0.15, 0.2) is 42.5 Å². The number of carbonyl (C=O) groups is 1. The summed E-state index contributed by atoms with van der Waals surface area (Å²) >= 11 is 0. The van der Waals surface area contributed by atoms with Crippen LogP contribution in [-0.2, 0) is 20.3 Å². The largest absolute Gasteiger partial charge is 0.465 e. The van der Waals surface area contributed by atoms with Crippen LogP contribution in [0, 0.1) is 0 Å². The normalized spacial score (nSPS) is 22.2. The lowest BCUT2D eigenvalue weighted by Gasteiger charge is -2.42. The summed E-state index contributed by atoms with van der Waals surface area (Å²) in [4.78, 5) is 13.8. The Bertz CT molecular complexity index is 914. The van der Waals surface area contributed by atoms with E-state index in [0.717, 1.165) is 12.2 Å². The van der Waals surface area contributed by atoms with Gasteiger partial charge in [0, 0.05) is 5.69 Å². The van der Waals surface area contributed by atoms with Gasteiger partial charge in [-0.05, 0) is 64.6 Å². The van der Waals surface area contributed by atoms with Crippen molar-refractivity contribution in [3.63, 3.8) is 0 Å². The molecule has 0 radical (unpaired) electrons. The van der Waals surface area contributed by atoms with Crippen molar-refractivity contribution in [2.24, 2.45) is 0 Å². The van der Waals surface area contributed by atoms with Crippen LogP contribution in [0.25, 0.3) is 0 Å². The number of fused-ring (bicyclic) bond motifs is 1. The van der Waals surface area contributed by atoms with Crippen LogP contribution in [0.5, 0.6) is 0 Å². The maximum atomic E-state index is 11.6. The van der Waals surface area contributed by atoms with Crippen molar-refractivity contribution in [3.8, 4) is 0 Å². The quantitative estimate of drug-likeness (QED) is 0.658. The highest BCUT2D eigenvalue weighted by atomic mass is 16.5. The van der Waals surface area contributed by atoms with Gasteiger partial charge in [0.05, 0.1) is 19.2 Å². The van der Waals surface area contributed by atoms with Gasteiger partial charge in [-0.3, -0.25) is 0 Å². The molecule has 1 unspecified atom stereocenters. The van der Waals surface area contributed by atoms with Crippen LogP contribution in [0.4, 0.5) is 5.69 Å². The van der Waals surface area contributed by atoms with E-state index in [0.29, 0.717) is 12.3 Å². The predicted molar refractivity (Wildman–Crippen MR) is 116 cm³/mol. The molecule has 0 amide bonds. The van der Waals surface area contributed by atoms with Gasteiger partial charge >= 0.3 is 5.97 Å². The second-order valence-corrected chi connectivity index (χ2v) is 9.62. The summed E-state index contributed by atoms with van der Waals surface area (Å²) < 4.78 is 10.9. The minimum Gasteiger partial charge on any atom is -0.465 e. The van der Waals surface area contributed by atoms with E-state index in [1.54, 1.807) is 12.1 Å². The number of esters is 1. The lowest BCUT2D eigenvalue weighted by Crippen LogP contribution is -2.34. The molecule has 29 heavy (non-hydrogen) atoms. The Morgan fingerprint density at radius 2 is 1.66 bits per heavy atom. The summed E-state index contributed by atoms with van der Waals surface area (Å²) in [6, 6.07) is 14.5. The van der Waals surface area contributed by atoms with Gasteiger partial charge in [0.2, 0.25) is 0 Å².